The number of hydrogen-bond donors (Lipinski definition) is 2. The van der Waals surface area contributed by atoms with Crippen molar-refractivity contribution in [2.24, 2.45) is 0 Å². The number of pyridine rings is 1. The van der Waals surface area contributed by atoms with Crippen molar-refractivity contribution in [3.8, 4) is 11.5 Å². The van der Waals surface area contributed by atoms with Gasteiger partial charge in [-0.05, 0) is 50.2 Å². The summed E-state index contributed by atoms with van der Waals surface area (Å²) in [4.78, 5) is 23.9. The van der Waals surface area contributed by atoms with Crippen molar-refractivity contribution in [1.82, 2.24) is 29.7 Å². The predicted octanol–water partition coefficient (Wildman–Crippen LogP) is 4.73. The zero-order chi connectivity index (χ0) is 24.3. The number of nitrogens with zero attached hydrogens (tertiary/aromatic N) is 6. The first-order valence-electron chi connectivity index (χ1n) is 10.2. The lowest BCUT2D eigenvalue weighted by molar-refractivity contribution is -0.144. The number of carbonyl (C=O) groups is 1. The molecule has 3 heterocycles. The summed E-state index contributed by atoms with van der Waals surface area (Å²) in [6, 6.07) is 12.8. The van der Waals surface area contributed by atoms with E-state index in [1.54, 1.807) is 42.7 Å². The summed E-state index contributed by atoms with van der Waals surface area (Å²) in [6.45, 7) is 3.98. The highest BCUT2D eigenvalue weighted by atomic mass is 19.4. The van der Waals surface area contributed by atoms with E-state index in [0.717, 1.165) is 6.20 Å². The second-order valence-electron chi connectivity index (χ2n) is 7.49. The van der Waals surface area contributed by atoms with Crippen molar-refractivity contribution in [3.05, 3.63) is 72.4 Å². The molecule has 4 rings (SSSR count). The normalized spacial score (nSPS) is 11.5. The number of nitrogens with one attached hydrogen (secondary N) is 2. The highest BCUT2D eigenvalue weighted by molar-refractivity contribution is 6.04. The molecular weight excluding hydrogens is 449 g/mol. The van der Waals surface area contributed by atoms with E-state index in [0.29, 0.717) is 23.0 Å². The summed E-state index contributed by atoms with van der Waals surface area (Å²) in [7, 11) is 0. The summed E-state index contributed by atoms with van der Waals surface area (Å²) in [6.07, 6.45) is -2.04. The first-order valence-corrected chi connectivity index (χ1v) is 10.2. The van der Waals surface area contributed by atoms with Gasteiger partial charge in [-0.25, -0.2) is 15.0 Å². The second kappa shape index (κ2) is 9.25. The zero-order valence-corrected chi connectivity index (χ0v) is 18.1. The largest absolute Gasteiger partial charge is 0.451 e. The van der Waals surface area contributed by atoms with Crippen LogP contribution in [0.4, 0.5) is 30.5 Å². The number of halogens is 3. The molecule has 1 aromatic carbocycles. The Morgan fingerprint density at radius 3 is 2.59 bits per heavy atom. The third-order valence-corrected chi connectivity index (χ3v) is 4.66. The lowest BCUT2D eigenvalue weighted by atomic mass is 10.2. The van der Waals surface area contributed by atoms with Crippen LogP contribution in [-0.2, 0) is 6.18 Å². The quantitative estimate of drug-likeness (QED) is 0.421. The summed E-state index contributed by atoms with van der Waals surface area (Å²) in [5.41, 5.74) is 1.20. The van der Waals surface area contributed by atoms with Gasteiger partial charge in [-0.15, -0.1) is 10.2 Å². The number of alkyl halides is 3. The average Bonchev–Trinajstić information content (AvgIpc) is 3.30. The zero-order valence-electron chi connectivity index (χ0n) is 18.1. The van der Waals surface area contributed by atoms with Gasteiger partial charge in [-0.3, -0.25) is 4.79 Å². The molecule has 0 radical (unpaired) electrons. The molecule has 0 saturated heterocycles. The van der Waals surface area contributed by atoms with Gasteiger partial charge >= 0.3 is 6.18 Å². The van der Waals surface area contributed by atoms with Crippen molar-refractivity contribution in [1.29, 1.82) is 0 Å². The van der Waals surface area contributed by atoms with Crippen LogP contribution in [0, 0.1) is 0 Å². The summed E-state index contributed by atoms with van der Waals surface area (Å²) in [5, 5.41) is 13.5. The Hall–Kier alpha value is -4.35. The molecule has 4 aromatic rings. The van der Waals surface area contributed by atoms with Gasteiger partial charge in [-0.2, -0.15) is 13.2 Å². The van der Waals surface area contributed by atoms with E-state index in [2.05, 4.69) is 35.8 Å². The van der Waals surface area contributed by atoms with Gasteiger partial charge in [0.15, 0.2) is 5.82 Å². The molecule has 0 aliphatic heterocycles. The molecule has 0 unspecified atom stereocenters. The van der Waals surface area contributed by atoms with Gasteiger partial charge in [-0.1, -0.05) is 12.1 Å². The van der Waals surface area contributed by atoms with E-state index in [4.69, 9.17) is 0 Å². The Kier molecular flexibility index (Phi) is 6.21. The molecule has 0 saturated carbocycles. The molecule has 1 amide bonds. The first-order chi connectivity index (χ1) is 16.2. The molecule has 0 fully saturated rings. The minimum atomic E-state index is -4.66. The number of hydrogen-bond acceptors (Lipinski definition) is 7. The van der Waals surface area contributed by atoms with E-state index in [1.807, 2.05) is 18.4 Å². The van der Waals surface area contributed by atoms with E-state index >= 15 is 0 Å². The van der Waals surface area contributed by atoms with Gasteiger partial charge in [0.05, 0.1) is 0 Å². The maximum absolute atomic E-state index is 12.8. The molecule has 9 nitrogen and oxygen atoms in total. The monoisotopic (exact) mass is 468 g/mol. The van der Waals surface area contributed by atoms with E-state index < -0.39 is 17.9 Å². The van der Waals surface area contributed by atoms with Crippen LogP contribution in [0.5, 0.6) is 0 Å². The molecule has 3 aromatic heterocycles. The van der Waals surface area contributed by atoms with Crippen molar-refractivity contribution in [3.63, 3.8) is 0 Å². The average molecular weight is 468 g/mol. The summed E-state index contributed by atoms with van der Waals surface area (Å²) >= 11 is 0. The van der Waals surface area contributed by atoms with Gasteiger partial charge in [0.2, 0.25) is 5.82 Å². The second-order valence-corrected chi connectivity index (χ2v) is 7.49. The van der Waals surface area contributed by atoms with Crippen LogP contribution < -0.4 is 10.6 Å². The van der Waals surface area contributed by atoms with Crippen LogP contribution in [-0.4, -0.2) is 35.6 Å². The first kappa shape index (κ1) is 22.8. The Morgan fingerprint density at radius 1 is 1.03 bits per heavy atom. The van der Waals surface area contributed by atoms with Gasteiger partial charge in [0.25, 0.3) is 5.91 Å². The molecule has 2 N–H and O–H groups in total. The number of rotatable bonds is 6. The lowest BCUT2D eigenvalue weighted by Gasteiger charge is -2.11. The van der Waals surface area contributed by atoms with E-state index in [1.165, 1.54) is 12.1 Å². The van der Waals surface area contributed by atoms with Crippen LogP contribution >= 0.6 is 0 Å². The number of benzene rings is 1. The number of anilines is 3. The fourth-order valence-electron chi connectivity index (χ4n) is 3.07. The Morgan fingerprint density at radius 2 is 1.82 bits per heavy atom. The Bertz CT molecular complexity index is 1320. The van der Waals surface area contributed by atoms with Crippen LogP contribution in [0.2, 0.25) is 0 Å². The van der Waals surface area contributed by atoms with E-state index in [9.17, 15) is 18.0 Å². The van der Waals surface area contributed by atoms with Gasteiger partial charge < -0.3 is 15.2 Å². The summed E-state index contributed by atoms with van der Waals surface area (Å²) in [5.74, 6) is -0.878. The number of amides is 1. The Labute approximate surface area is 192 Å². The molecule has 12 heteroatoms. The predicted molar refractivity (Wildman–Crippen MR) is 118 cm³/mol. The number of carbonyl (C=O) groups excluding carboxylic acids is 1. The fourth-order valence-corrected chi connectivity index (χ4v) is 3.07. The molecule has 0 spiro atoms. The molecular formula is C22H19F3N8O. The highest BCUT2D eigenvalue weighted by Crippen LogP contribution is 2.27. The third-order valence-electron chi connectivity index (χ3n) is 4.66. The van der Waals surface area contributed by atoms with Gasteiger partial charge in [0.1, 0.15) is 23.7 Å². The molecule has 174 valence electrons. The third kappa shape index (κ3) is 5.17. The SMILES string of the molecule is CC(C)n1cnnc1-c1cccc(NC(=O)c2cccc(Nc3ccnc(C(F)(F)F)n3)c2)n1. The maximum atomic E-state index is 12.8. The van der Waals surface area contributed by atoms with E-state index in [-0.39, 0.29) is 17.4 Å². The smallest absolute Gasteiger partial charge is 0.340 e. The van der Waals surface area contributed by atoms with Crippen LogP contribution in [0.3, 0.4) is 0 Å². The van der Waals surface area contributed by atoms with Crippen LogP contribution in [0.1, 0.15) is 36.1 Å². The molecule has 0 bridgehead atoms. The topological polar surface area (TPSA) is 111 Å². The molecule has 0 atom stereocenters. The number of aromatic nitrogens is 6. The van der Waals surface area contributed by atoms with Crippen LogP contribution in [0.15, 0.2) is 61.1 Å². The fraction of sp³-hybridized carbons (Fsp3) is 0.182. The van der Waals surface area contributed by atoms with Crippen molar-refractivity contribution >= 4 is 23.2 Å². The minimum absolute atomic E-state index is 0.0523. The van der Waals surface area contributed by atoms with Crippen molar-refractivity contribution < 1.29 is 18.0 Å². The van der Waals surface area contributed by atoms with Crippen molar-refractivity contribution in [2.45, 2.75) is 26.1 Å². The van der Waals surface area contributed by atoms with Crippen LogP contribution in [0.25, 0.3) is 11.5 Å². The molecule has 34 heavy (non-hydrogen) atoms. The van der Waals surface area contributed by atoms with Crippen molar-refractivity contribution in [2.75, 3.05) is 10.6 Å². The highest BCUT2D eigenvalue weighted by Gasteiger charge is 2.34. The molecule has 0 aliphatic rings. The van der Waals surface area contributed by atoms with Gasteiger partial charge in [0, 0.05) is 23.5 Å². The Balaban J connectivity index is 1.51. The summed E-state index contributed by atoms with van der Waals surface area (Å²) < 4.78 is 40.4. The lowest BCUT2D eigenvalue weighted by Crippen LogP contribution is -2.14. The minimum Gasteiger partial charge on any atom is -0.340 e. The standard InChI is InChI=1S/C22H19F3N8O/c1-13(2)33-12-27-32-19(33)16-7-4-8-17(29-16)30-20(34)14-5-3-6-15(11-14)28-18-9-10-26-21(31-18)22(23,24)25/h3-13H,1-2H3,(H,26,28,31)(H,29,30,34). The maximum Gasteiger partial charge on any atom is 0.451 e. The molecule has 0 aliphatic carbocycles.